The maximum absolute atomic E-state index is 6.10. The smallest absolute Gasteiger partial charge is 0.0696 e. The lowest BCUT2D eigenvalue weighted by Gasteiger charge is -2.41. The van der Waals surface area contributed by atoms with Gasteiger partial charge in [-0.05, 0) is 0 Å². The van der Waals surface area contributed by atoms with Crippen molar-refractivity contribution in [1.29, 1.82) is 0 Å². The van der Waals surface area contributed by atoms with Crippen LogP contribution in [0.1, 0.15) is 0 Å². The number of ether oxygens (including phenoxy) is 2. The van der Waals surface area contributed by atoms with Crippen molar-refractivity contribution < 1.29 is 9.47 Å². The van der Waals surface area contributed by atoms with Crippen LogP contribution in [0.25, 0.3) is 0 Å². The van der Waals surface area contributed by atoms with E-state index in [1.165, 1.54) is 0 Å². The van der Waals surface area contributed by atoms with Crippen LogP contribution in [0.5, 0.6) is 0 Å². The van der Waals surface area contributed by atoms with Gasteiger partial charge in [-0.25, -0.2) is 0 Å². The summed E-state index contributed by atoms with van der Waals surface area (Å²) in [6, 6.07) is 0. The highest BCUT2D eigenvalue weighted by atomic mass is 35.5. The lowest BCUT2D eigenvalue weighted by atomic mass is 10.5. The Morgan fingerprint density at radius 3 is 1.60 bits per heavy atom. The Labute approximate surface area is 97.3 Å². The molecule has 4 nitrogen and oxygen atoms in total. The van der Waals surface area contributed by atoms with Crippen molar-refractivity contribution in [3.63, 3.8) is 0 Å². The van der Waals surface area contributed by atoms with Crippen molar-refractivity contribution in [3.05, 3.63) is 0 Å². The van der Waals surface area contributed by atoms with E-state index in [0.717, 1.165) is 58.2 Å². The molecule has 0 aromatic heterocycles. The van der Waals surface area contributed by atoms with Crippen LogP contribution < -0.4 is 0 Å². The summed E-state index contributed by atoms with van der Waals surface area (Å²) >= 11 is 6.10. The molecule has 0 bridgehead atoms. The summed E-state index contributed by atoms with van der Waals surface area (Å²) in [6.45, 7) is 7.48. The molecule has 0 radical (unpaired) electrons. The zero-order valence-electron chi connectivity index (χ0n) is 8.90. The second-order valence-corrected chi connectivity index (χ2v) is 6.46. The monoisotopic (exact) mass is 252 g/mol. The quantitative estimate of drug-likeness (QED) is 0.556. The van der Waals surface area contributed by atoms with Gasteiger partial charge in [0.25, 0.3) is 0 Å². The van der Waals surface area contributed by atoms with Crippen LogP contribution in [0.15, 0.2) is 0 Å². The third-order valence-electron chi connectivity index (χ3n) is 2.73. The fourth-order valence-corrected chi connectivity index (χ4v) is 4.72. The predicted molar refractivity (Wildman–Crippen MR) is 62.4 cm³/mol. The van der Waals surface area contributed by atoms with E-state index in [9.17, 15) is 0 Å². The Morgan fingerprint density at radius 1 is 0.867 bits per heavy atom. The third kappa shape index (κ3) is 3.26. The molecule has 2 aliphatic rings. The number of morpholine rings is 2. The normalized spacial score (nSPS) is 26.0. The highest BCUT2D eigenvalue weighted by Crippen LogP contribution is 2.45. The van der Waals surface area contributed by atoms with Gasteiger partial charge in [0.1, 0.15) is 0 Å². The number of hydrogen-bond acceptors (Lipinski definition) is 4. The first-order chi connectivity index (χ1) is 7.42. The van der Waals surface area contributed by atoms with Crippen molar-refractivity contribution in [1.82, 2.24) is 9.34 Å². The van der Waals surface area contributed by atoms with Crippen LogP contribution in [0.3, 0.4) is 0 Å². The average molecular weight is 253 g/mol. The third-order valence-corrected chi connectivity index (χ3v) is 5.70. The summed E-state index contributed by atoms with van der Waals surface area (Å²) in [5, 5.41) is 0. The molecule has 0 saturated carbocycles. The highest BCUT2D eigenvalue weighted by molar-refractivity contribution is 7.54. The largest absolute Gasteiger partial charge is 0.379 e. The van der Waals surface area contributed by atoms with E-state index < -0.39 is 0 Å². The van der Waals surface area contributed by atoms with Gasteiger partial charge in [-0.1, -0.05) is 0 Å². The molecule has 0 N–H and O–H groups in total. The molecule has 2 fully saturated rings. The van der Waals surface area contributed by atoms with E-state index in [0.29, 0.717) is 0 Å². The SMILES string of the molecule is ClCP(N1CCOCC1)N1CCOCC1. The van der Waals surface area contributed by atoms with Gasteiger partial charge in [0.15, 0.2) is 0 Å². The van der Waals surface area contributed by atoms with Gasteiger partial charge < -0.3 is 9.47 Å². The van der Waals surface area contributed by atoms with Gasteiger partial charge in [-0.15, -0.1) is 11.6 Å². The summed E-state index contributed by atoms with van der Waals surface area (Å²) < 4.78 is 15.7. The Kier molecular flexibility index (Phi) is 5.08. The molecule has 2 aliphatic heterocycles. The molecule has 0 aromatic rings. The minimum absolute atomic E-state index is 0.323. The fraction of sp³-hybridized carbons (Fsp3) is 1.00. The van der Waals surface area contributed by atoms with Gasteiger partial charge >= 0.3 is 0 Å². The first-order valence-electron chi connectivity index (χ1n) is 5.40. The number of nitrogens with zero attached hydrogens (tertiary/aromatic N) is 2. The first kappa shape index (κ1) is 12.0. The van der Waals surface area contributed by atoms with Gasteiger partial charge in [0, 0.05) is 26.2 Å². The molecule has 0 spiro atoms. The minimum atomic E-state index is -0.323. The molecule has 2 heterocycles. The highest BCUT2D eigenvalue weighted by Gasteiger charge is 2.27. The molecule has 6 heteroatoms. The van der Waals surface area contributed by atoms with E-state index >= 15 is 0 Å². The number of rotatable bonds is 3. The van der Waals surface area contributed by atoms with E-state index in [2.05, 4.69) is 9.34 Å². The van der Waals surface area contributed by atoms with Gasteiger partial charge in [0.2, 0.25) is 0 Å². The van der Waals surface area contributed by atoms with Crippen molar-refractivity contribution in [2.45, 2.75) is 0 Å². The van der Waals surface area contributed by atoms with Gasteiger partial charge in [-0.2, -0.15) is 0 Å². The summed E-state index contributed by atoms with van der Waals surface area (Å²) in [5.74, 6) is 0. The van der Waals surface area contributed by atoms with Gasteiger partial charge in [0.05, 0.1) is 40.3 Å². The van der Waals surface area contributed by atoms with Crippen molar-refractivity contribution in [3.8, 4) is 0 Å². The number of hydrogen-bond donors (Lipinski definition) is 0. The average Bonchev–Trinajstić information content (AvgIpc) is 2.33. The molecular weight excluding hydrogens is 235 g/mol. The van der Waals surface area contributed by atoms with Gasteiger partial charge in [-0.3, -0.25) is 9.34 Å². The summed E-state index contributed by atoms with van der Waals surface area (Å²) in [6.07, 6.45) is 0. The molecule has 88 valence electrons. The van der Waals surface area contributed by atoms with Crippen LogP contribution >= 0.6 is 19.8 Å². The van der Waals surface area contributed by atoms with Crippen molar-refractivity contribution >= 4 is 19.8 Å². The van der Waals surface area contributed by atoms with Crippen LogP contribution in [0, 0.1) is 0 Å². The molecule has 2 saturated heterocycles. The van der Waals surface area contributed by atoms with Crippen LogP contribution in [0.4, 0.5) is 0 Å². The molecule has 0 aromatic carbocycles. The Hall–Kier alpha value is 0.560. The van der Waals surface area contributed by atoms with Crippen LogP contribution in [-0.2, 0) is 9.47 Å². The molecular formula is C9H18ClN2O2P. The Morgan fingerprint density at radius 2 is 1.27 bits per heavy atom. The molecule has 0 aliphatic carbocycles. The zero-order chi connectivity index (χ0) is 10.5. The topological polar surface area (TPSA) is 24.9 Å². The fourth-order valence-electron chi connectivity index (χ4n) is 1.90. The van der Waals surface area contributed by atoms with E-state index in [1.807, 2.05) is 0 Å². The molecule has 15 heavy (non-hydrogen) atoms. The summed E-state index contributed by atoms with van der Waals surface area (Å²) in [5.41, 5.74) is 0.731. The second kappa shape index (κ2) is 6.33. The second-order valence-electron chi connectivity index (χ2n) is 3.62. The summed E-state index contributed by atoms with van der Waals surface area (Å²) in [4.78, 5) is 0. The first-order valence-corrected chi connectivity index (χ1v) is 7.37. The summed E-state index contributed by atoms with van der Waals surface area (Å²) in [7, 11) is -0.323. The molecule has 0 atom stereocenters. The maximum atomic E-state index is 6.10. The standard InChI is InChI=1S/C9H18ClN2O2P/c10-9-15(11-1-5-13-6-2-11)12-3-7-14-8-4-12/h1-9H2. The molecule has 0 amide bonds. The van der Waals surface area contributed by atoms with Crippen LogP contribution in [-0.4, -0.2) is 67.6 Å². The van der Waals surface area contributed by atoms with E-state index in [-0.39, 0.29) is 8.22 Å². The van der Waals surface area contributed by atoms with Crippen LogP contribution in [0.2, 0.25) is 0 Å². The predicted octanol–water partition coefficient (Wildman–Crippen LogP) is 1.16. The van der Waals surface area contributed by atoms with Crippen molar-refractivity contribution in [2.75, 3.05) is 58.2 Å². The minimum Gasteiger partial charge on any atom is -0.379 e. The lowest BCUT2D eigenvalue weighted by Crippen LogP contribution is -2.41. The molecule has 2 rings (SSSR count). The number of alkyl halides is 1. The lowest BCUT2D eigenvalue weighted by molar-refractivity contribution is 0.0587. The Balaban J connectivity index is 1.88. The number of halogens is 1. The zero-order valence-corrected chi connectivity index (χ0v) is 10.6. The Bertz CT molecular complexity index is 169. The van der Waals surface area contributed by atoms with Crippen molar-refractivity contribution in [2.24, 2.45) is 0 Å². The van der Waals surface area contributed by atoms with E-state index in [1.54, 1.807) is 0 Å². The molecule has 0 unspecified atom stereocenters. The maximum Gasteiger partial charge on any atom is 0.0696 e. The van der Waals surface area contributed by atoms with E-state index in [4.69, 9.17) is 21.1 Å².